The highest BCUT2D eigenvalue weighted by Crippen LogP contribution is 2.42. The lowest BCUT2D eigenvalue weighted by molar-refractivity contribution is 0.230. The second-order valence-corrected chi connectivity index (χ2v) is 14.3. The maximum Gasteiger partial charge on any atom is 0.231 e. The Morgan fingerprint density at radius 1 is 1.11 bits per heavy atom. The van der Waals surface area contributed by atoms with Crippen LogP contribution in [0.15, 0.2) is 18.3 Å². The lowest BCUT2D eigenvalue weighted by atomic mass is 10.1. The van der Waals surface area contributed by atoms with Crippen molar-refractivity contribution in [2.24, 2.45) is 5.92 Å². The number of hydrogen-bond acceptors (Lipinski definition) is 4. The Balaban J connectivity index is 1.70. The molecule has 150 valence electrons. The van der Waals surface area contributed by atoms with E-state index in [1.807, 2.05) is 0 Å². The zero-order valence-corrected chi connectivity index (χ0v) is 18.4. The summed E-state index contributed by atoms with van der Waals surface area (Å²) in [6.07, 6.45) is 2.53. The number of nitrogens with zero attached hydrogens (tertiary/aromatic N) is 4. The van der Waals surface area contributed by atoms with E-state index in [1.54, 1.807) is 10.5 Å². The molecule has 7 heteroatoms. The summed E-state index contributed by atoms with van der Waals surface area (Å²) in [7, 11) is -1.84. The first-order valence-corrected chi connectivity index (χ1v) is 12.3. The predicted molar refractivity (Wildman–Crippen MR) is 110 cm³/mol. The van der Waals surface area contributed by atoms with Crippen molar-refractivity contribution < 1.29 is 8.82 Å². The minimum absolute atomic E-state index is 0.274. The van der Waals surface area contributed by atoms with Crippen LogP contribution in [0.25, 0.3) is 5.65 Å². The molecule has 1 saturated heterocycles. The van der Waals surface area contributed by atoms with E-state index in [9.17, 15) is 4.39 Å². The van der Waals surface area contributed by atoms with Gasteiger partial charge in [0, 0.05) is 31.8 Å². The lowest BCUT2D eigenvalue weighted by Crippen LogP contribution is -2.48. The summed E-state index contributed by atoms with van der Waals surface area (Å²) < 4.78 is 22.2. The molecule has 27 heavy (non-hydrogen) atoms. The fourth-order valence-electron chi connectivity index (χ4n) is 4.98. The Morgan fingerprint density at radius 2 is 1.78 bits per heavy atom. The Morgan fingerprint density at radius 3 is 2.41 bits per heavy atom. The van der Waals surface area contributed by atoms with Crippen molar-refractivity contribution in [3.05, 3.63) is 24.1 Å². The quantitative estimate of drug-likeness (QED) is 0.630. The molecule has 0 spiro atoms. The van der Waals surface area contributed by atoms with Crippen LogP contribution in [0.2, 0.25) is 16.6 Å². The van der Waals surface area contributed by atoms with E-state index in [2.05, 4.69) is 56.6 Å². The van der Waals surface area contributed by atoms with Crippen LogP contribution in [0.3, 0.4) is 0 Å². The maximum atomic E-state index is 13.6. The van der Waals surface area contributed by atoms with Crippen molar-refractivity contribution in [3.8, 4) is 0 Å². The molecular formula is C20H33FN4OSi. The Hall–Kier alpha value is -1.47. The van der Waals surface area contributed by atoms with Gasteiger partial charge in [0.2, 0.25) is 5.95 Å². The standard InChI is InChI=1S/C20H33FN4OSi/c1-14(2)27(15(3)4,16(5)6)26-13-17-9-10-24(11-17)20-23-22-19-8-7-18(21)12-25(19)20/h7-8,12,14-17H,9-11,13H2,1-6H3. The summed E-state index contributed by atoms with van der Waals surface area (Å²) in [6.45, 7) is 16.5. The van der Waals surface area contributed by atoms with E-state index in [1.165, 1.54) is 12.3 Å². The van der Waals surface area contributed by atoms with E-state index in [0.717, 1.165) is 32.1 Å². The molecule has 0 amide bonds. The number of fused-ring (bicyclic) bond motifs is 1. The van der Waals surface area contributed by atoms with Crippen molar-refractivity contribution in [2.45, 2.75) is 64.6 Å². The largest absolute Gasteiger partial charge is 0.416 e. The van der Waals surface area contributed by atoms with Gasteiger partial charge in [0.05, 0.1) is 0 Å². The molecule has 0 bridgehead atoms. The molecule has 0 aromatic carbocycles. The SMILES string of the molecule is CC(C)[Si](OCC1CCN(c2nnc3ccc(F)cn23)C1)(C(C)C)C(C)C. The molecule has 1 fully saturated rings. The topological polar surface area (TPSA) is 42.7 Å². The zero-order chi connectivity index (χ0) is 19.8. The molecule has 0 aliphatic carbocycles. The second-order valence-electron chi connectivity index (χ2n) is 8.80. The number of halogens is 1. The zero-order valence-electron chi connectivity index (χ0n) is 17.4. The summed E-state index contributed by atoms with van der Waals surface area (Å²) in [5, 5.41) is 8.45. The van der Waals surface area contributed by atoms with E-state index < -0.39 is 8.32 Å². The van der Waals surface area contributed by atoms with E-state index >= 15 is 0 Å². The predicted octanol–water partition coefficient (Wildman–Crippen LogP) is 4.89. The fraction of sp³-hybridized carbons (Fsp3) is 0.700. The first-order chi connectivity index (χ1) is 12.8. The molecular weight excluding hydrogens is 359 g/mol. The summed E-state index contributed by atoms with van der Waals surface area (Å²) in [4.78, 5) is 2.21. The van der Waals surface area contributed by atoms with Crippen LogP contribution in [0.4, 0.5) is 10.3 Å². The van der Waals surface area contributed by atoms with Crippen LogP contribution in [0, 0.1) is 11.7 Å². The highest BCUT2D eigenvalue weighted by atomic mass is 28.4. The third kappa shape index (κ3) is 3.76. The molecule has 1 unspecified atom stereocenters. The fourth-order valence-corrected chi connectivity index (χ4v) is 10.5. The molecule has 0 saturated carbocycles. The van der Waals surface area contributed by atoms with Gasteiger partial charge in [-0.3, -0.25) is 4.40 Å². The molecule has 2 aromatic rings. The van der Waals surface area contributed by atoms with Gasteiger partial charge in [0.15, 0.2) is 14.0 Å². The Labute approximate surface area is 163 Å². The van der Waals surface area contributed by atoms with Crippen LogP contribution in [0.5, 0.6) is 0 Å². The average Bonchev–Trinajstić information content (AvgIpc) is 3.20. The molecule has 1 aliphatic heterocycles. The molecule has 3 heterocycles. The summed E-state index contributed by atoms with van der Waals surface area (Å²) >= 11 is 0. The highest BCUT2D eigenvalue weighted by molar-refractivity contribution is 6.77. The van der Waals surface area contributed by atoms with Gasteiger partial charge in [-0.15, -0.1) is 10.2 Å². The maximum absolute atomic E-state index is 13.6. The van der Waals surface area contributed by atoms with Gasteiger partial charge in [0.25, 0.3) is 0 Å². The van der Waals surface area contributed by atoms with Gasteiger partial charge in [0.1, 0.15) is 5.82 Å². The van der Waals surface area contributed by atoms with E-state index in [-0.39, 0.29) is 5.82 Å². The highest BCUT2D eigenvalue weighted by Gasteiger charge is 2.45. The molecule has 1 aliphatic rings. The molecule has 2 aromatic heterocycles. The average molecular weight is 393 g/mol. The first-order valence-electron chi connectivity index (χ1n) is 10.1. The van der Waals surface area contributed by atoms with Crippen molar-refractivity contribution in [3.63, 3.8) is 0 Å². The third-order valence-corrected chi connectivity index (χ3v) is 12.3. The smallest absolute Gasteiger partial charge is 0.231 e. The molecule has 0 N–H and O–H groups in total. The second kappa shape index (κ2) is 7.87. The van der Waals surface area contributed by atoms with Crippen LogP contribution >= 0.6 is 0 Å². The number of rotatable bonds is 7. The first kappa shape index (κ1) is 20.3. The minimum Gasteiger partial charge on any atom is -0.416 e. The molecule has 5 nitrogen and oxygen atoms in total. The minimum atomic E-state index is -1.84. The normalized spacial score (nSPS) is 18.6. The van der Waals surface area contributed by atoms with Crippen molar-refractivity contribution in [1.82, 2.24) is 14.6 Å². The summed E-state index contributed by atoms with van der Waals surface area (Å²) in [6, 6.07) is 3.08. The van der Waals surface area contributed by atoms with Crippen molar-refractivity contribution >= 4 is 19.9 Å². The van der Waals surface area contributed by atoms with Gasteiger partial charge in [-0.25, -0.2) is 4.39 Å². The van der Waals surface area contributed by atoms with E-state index in [0.29, 0.717) is 28.2 Å². The van der Waals surface area contributed by atoms with Gasteiger partial charge in [-0.1, -0.05) is 41.5 Å². The number of hydrogen-bond donors (Lipinski definition) is 0. The Bertz CT molecular complexity index is 755. The third-order valence-electron chi connectivity index (χ3n) is 6.19. The molecule has 3 rings (SSSR count). The van der Waals surface area contributed by atoms with Crippen LogP contribution in [-0.2, 0) is 4.43 Å². The van der Waals surface area contributed by atoms with Crippen LogP contribution in [0.1, 0.15) is 48.0 Å². The number of aromatic nitrogens is 3. The van der Waals surface area contributed by atoms with Gasteiger partial charge >= 0.3 is 0 Å². The lowest BCUT2D eigenvalue weighted by Gasteiger charge is -2.42. The molecule has 1 atom stereocenters. The summed E-state index contributed by atoms with van der Waals surface area (Å²) in [5.74, 6) is 0.935. The van der Waals surface area contributed by atoms with Crippen LogP contribution < -0.4 is 4.90 Å². The van der Waals surface area contributed by atoms with Crippen molar-refractivity contribution in [1.29, 1.82) is 0 Å². The van der Waals surface area contributed by atoms with Gasteiger partial charge in [-0.2, -0.15) is 0 Å². The number of pyridine rings is 1. The monoisotopic (exact) mass is 392 g/mol. The van der Waals surface area contributed by atoms with Gasteiger partial charge < -0.3 is 9.33 Å². The van der Waals surface area contributed by atoms with Crippen molar-refractivity contribution in [2.75, 3.05) is 24.6 Å². The number of anilines is 1. The Kier molecular flexibility index (Phi) is 5.91. The summed E-state index contributed by atoms with van der Waals surface area (Å²) in [5.41, 5.74) is 2.47. The van der Waals surface area contributed by atoms with Gasteiger partial charge in [-0.05, 0) is 35.2 Å². The molecule has 0 radical (unpaired) electrons. The van der Waals surface area contributed by atoms with Crippen LogP contribution in [-0.4, -0.2) is 42.6 Å². The van der Waals surface area contributed by atoms with E-state index in [4.69, 9.17) is 4.43 Å².